The third-order valence-corrected chi connectivity index (χ3v) is 3.86. The van der Waals surface area contributed by atoms with Gasteiger partial charge >= 0.3 is 0 Å². The Balaban J connectivity index is 2.02. The second-order valence-electron chi connectivity index (χ2n) is 5.19. The van der Waals surface area contributed by atoms with Crippen LogP contribution in [0.3, 0.4) is 0 Å². The quantitative estimate of drug-likeness (QED) is 0.832. The SMILES string of the molecule is CCCCc1nc2cc3c(cc2n1CCC(N)=S)OCO3. The van der Waals surface area contributed by atoms with Crippen LogP contribution in [0.4, 0.5) is 0 Å². The van der Waals surface area contributed by atoms with Crippen LogP contribution >= 0.6 is 12.2 Å². The molecule has 6 heteroatoms. The van der Waals surface area contributed by atoms with Gasteiger partial charge in [-0.25, -0.2) is 4.98 Å². The third kappa shape index (κ3) is 2.81. The number of benzene rings is 1. The fraction of sp³-hybridized carbons (Fsp3) is 0.467. The molecular formula is C15H19N3O2S. The molecule has 3 rings (SSSR count). The summed E-state index contributed by atoms with van der Waals surface area (Å²) in [6.45, 7) is 3.21. The molecule has 0 amide bonds. The Morgan fingerprint density at radius 1 is 1.38 bits per heavy atom. The first-order valence-corrected chi connectivity index (χ1v) is 7.67. The molecule has 0 bridgehead atoms. The lowest BCUT2D eigenvalue weighted by atomic mass is 10.2. The number of ether oxygens (including phenoxy) is 2. The molecular weight excluding hydrogens is 286 g/mol. The van der Waals surface area contributed by atoms with Crippen molar-refractivity contribution in [1.82, 2.24) is 9.55 Å². The lowest BCUT2D eigenvalue weighted by molar-refractivity contribution is 0.174. The zero-order valence-corrected chi connectivity index (χ0v) is 12.9. The molecule has 0 spiro atoms. The van der Waals surface area contributed by atoms with Gasteiger partial charge in [-0.3, -0.25) is 0 Å². The van der Waals surface area contributed by atoms with Crippen LogP contribution in [-0.4, -0.2) is 21.3 Å². The van der Waals surface area contributed by atoms with Gasteiger partial charge in [0, 0.05) is 31.5 Å². The Labute approximate surface area is 129 Å². The number of hydrogen-bond donors (Lipinski definition) is 1. The average Bonchev–Trinajstić information content (AvgIpc) is 3.03. The molecule has 5 nitrogen and oxygen atoms in total. The molecule has 0 atom stereocenters. The van der Waals surface area contributed by atoms with Gasteiger partial charge in [0.05, 0.1) is 16.0 Å². The van der Waals surface area contributed by atoms with Gasteiger partial charge in [0.15, 0.2) is 11.5 Å². The summed E-state index contributed by atoms with van der Waals surface area (Å²) in [5.74, 6) is 2.62. The maximum Gasteiger partial charge on any atom is 0.231 e. The first-order chi connectivity index (χ1) is 10.2. The smallest absolute Gasteiger partial charge is 0.231 e. The second-order valence-corrected chi connectivity index (χ2v) is 5.72. The number of nitrogens with zero attached hydrogens (tertiary/aromatic N) is 2. The number of unbranched alkanes of at least 4 members (excludes halogenated alkanes) is 1. The summed E-state index contributed by atoms with van der Waals surface area (Å²) in [6, 6.07) is 3.95. The maximum absolute atomic E-state index is 5.65. The summed E-state index contributed by atoms with van der Waals surface area (Å²) in [6.07, 6.45) is 3.88. The number of aromatic nitrogens is 2. The minimum atomic E-state index is 0.275. The van der Waals surface area contributed by atoms with E-state index in [0.29, 0.717) is 11.4 Å². The van der Waals surface area contributed by atoms with Crippen molar-refractivity contribution < 1.29 is 9.47 Å². The number of imidazole rings is 1. The van der Waals surface area contributed by atoms with Gasteiger partial charge in [0.2, 0.25) is 6.79 Å². The highest BCUT2D eigenvalue weighted by atomic mass is 32.1. The van der Waals surface area contributed by atoms with Crippen molar-refractivity contribution in [3.63, 3.8) is 0 Å². The van der Waals surface area contributed by atoms with Gasteiger partial charge < -0.3 is 19.8 Å². The van der Waals surface area contributed by atoms with E-state index in [-0.39, 0.29) is 6.79 Å². The van der Waals surface area contributed by atoms with E-state index in [1.165, 1.54) is 0 Å². The lowest BCUT2D eigenvalue weighted by Crippen LogP contribution is -2.13. The monoisotopic (exact) mass is 305 g/mol. The molecule has 0 radical (unpaired) electrons. The van der Waals surface area contributed by atoms with Crippen LogP contribution in [0, 0.1) is 0 Å². The molecule has 0 aliphatic carbocycles. The van der Waals surface area contributed by atoms with E-state index in [0.717, 1.165) is 54.2 Å². The van der Waals surface area contributed by atoms with Crippen molar-refractivity contribution in [3.8, 4) is 11.5 Å². The van der Waals surface area contributed by atoms with Gasteiger partial charge in [0.1, 0.15) is 5.82 Å². The number of rotatable bonds is 6. The summed E-state index contributed by atoms with van der Waals surface area (Å²) in [5.41, 5.74) is 7.64. The standard InChI is InChI=1S/C15H19N3O2S/c1-2-3-4-15-17-10-7-12-13(20-9-19-12)8-11(10)18(15)6-5-14(16)21/h7-8H,2-6,9H2,1H3,(H2,16,21). The minimum Gasteiger partial charge on any atom is -0.454 e. The van der Waals surface area contributed by atoms with E-state index in [1.54, 1.807) is 0 Å². The fourth-order valence-corrected chi connectivity index (χ4v) is 2.65. The Kier molecular flexibility index (Phi) is 3.96. The summed E-state index contributed by atoms with van der Waals surface area (Å²) < 4.78 is 13.1. The first-order valence-electron chi connectivity index (χ1n) is 7.26. The molecule has 0 fully saturated rings. The van der Waals surface area contributed by atoms with Crippen LogP contribution in [0.5, 0.6) is 11.5 Å². The molecule has 1 aliphatic rings. The van der Waals surface area contributed by atoms with Crippen LogP contribution in [0.15, 0.2) is 12.1 Å². The largest absolute Gasteiger partial charge is 0.454 e. The molecule has 21 heavy (non-hydrogen) atoms. The second kappa shape index (κ2) is 5.89. The Hall–Kier alpha value is -1.82. The van der Waals surface area contributed by atoms with Crippen LogP contribution in [-0.2, 0) is 13.0 Å². The predicted molar refractivity (Wildman–Crippen MR) is 85.9 cm³/mol. The summed E-state index contributed by atoms with van der Waals surface area (Å²) >= 11 is 5.00. The van der Waals surface area contributed by atoms with E-state index in [9.17, 15) is 0 Å². The molecule has 1 aromatic heterocycles. The third-order valence-electron chi connectivity index (χ3n) is 3.66. The first kappa shape index (κ1) is 14.1. The van der Waals surface area contributed by atoms with E-state index < -0.39 is 0 Å². The minimum absolute atomic E-state index is 0.275. The molecule has 0 unspecified atom stereocenters. The number of aryl methyl sites for hydroxylation is 2. The zero-order valence-electron chi connectivity index (χ0n) is 12.1. The molecule has 0 saturated carbocycles. The molecule has 2 N–H and O–H groups in total. The molecule has 112 valence electrons. The van der Waals surface area contributed by atoms with Gasteiger partial charge in [-0.05, 0) is 6.42 Å². The van der Waals surface area contributed by atoms with E-state index in [2.05, 4.69) is 11.5 Å². The van der Waals surface area contributed by atoms with Gasteiger partial charge in [-0.15, -0.1) is 0 Å². The number of fused-ring (bicyclic) bond motifs is 2. The molecule has 1 aliphatic heterocycles. The summed E-state index contributed by atoms with van der Waals surface area (Å²) in [5, 5.41) is 0. The summed E-state index contributed by atoms with van der Waals surface area (Å²) in [7, 11) is 0. The van der Waals surface area contributed by atoms with Crippen LogP contribution < -0.4 is 15.2 Å². The number of thiocarbonyl (C=S) groups is 1. The van der Waals surface area contributed by atoms with Crippen LogP contribution in [0.25, 0.3) is 11.0 Å². The predicted octanol–water partition coefficient (Wildman–Crippen LogP) is 2.78. The van der Waals surface area contributed by atoms with Crippen LogP contribution in [0.1, 0.15) is 32.0 Å². The zero-order chi connectivity index (χ0) is 14.8. The highest BCUT2D eigenvalue weighted by Gasteiger charge is 2.19. The van der Waals surface area contributed by atoms with Crippen molar-refractivity contribution in [2.45, 2.75) is 39.2 Å². The van der Waals surface area contributed by atoms with E-state index >= 15 is 0 Å². The Morgan fingerprint density at radius 3 is 2.86 bits per heavy atom. The van der Waals surface area contributed by atoms with Gasteiger partial charge in [0.25, 0.3) is 0 Å². The normalized spacial score (nSPS) is 13.0. The molecule has 2 heterocycles. The number of hydrogen-bond acceptors (Lipinski definition) is 4. The number of nitrogens with two attached hydrogens (primary N) is 1. The Bertz CT molecular complexity index is 681. The fourth-order valence-electron chi connectivity index (χ4n) is 2.56. The van der Waals surface area contributed by atoms with E-state index in [4.69, 9.17) is 32.4 Å². The molecule has 0 saturated heterocycles. The highest BCUT2D eigenvalue weighted by Crippen LogP contribution is 2.36. The van der Waals surface area contributed by atoms with Crippen molar-refractivity contribution in [3.05, 3.63) is 18.0 Å². The van der Waals surface area contributed by atoms with Crippen LogP contribution in [0.2, 0.25) is 0 Å². The van der Waals surface area contributed by atoms with Crippen molar-refractivity contribution in [1.29, 1.82) is 0 Å². The summed E-state index contributed by atoms with van der Waals surface area (Å²) in [4.78, 5) is 5.28. The maximum atomic E-state index is 5.65. The van der Waals surface area contributed by atoms with Crippen molar-refractivity contribution in [2.75, 3.05) is 6.79 Å². The van der Waals surface area contributed by atoms with E-state index in [1.807, 2.05) is 12.1 Å². The molecule has 2 aromatic rings. The average molecular weight is 305 g/mol. The Morgan fingerprint density at radius 2 is 2.14 bits per heavy atom. The van der Waals surface area contributed by atoms with Crippen molar-refractivity contribution in [2.24, 2.45) is 5.73 Å². The molecule has 1 aromatic carbocycles. The topological polar surface area (TPSA) is 62.3 Å². The lowest BCUT2D eigenvalue weighted by Gasteiger charge is -2.08. The van der Waals surface area contributed by atoms with Gasteiger partial charge in [-0.2, -0.15) is 0 Å². The van der Waals surface area contributed by atoms with Crippen molar-refractivity contribution >= 4 is 28.2 Å². The van der Waals surface area contributed by atoms with Gasteiger partial charge in [-0.1, -0.05) is 25.6 Å². The highest BCUT2D eigenvalue weighted by molar-refractivity contribution is 7.80.